The molecule has 0 aliphatic heterocycles. The second-order valence-electron chi connectivity index (χ2n) is 4.01. The lowest BCUT2D eigenvalue weighted by Gasteiger charge is -2.13. The van der Waals surface area contributed by atoms with Crippen LogP contribution >= 0.6 is 0 Å². The smallest absolute Gasteiger partial charge is 0.169 e. The van der Waals surface area contributed by atoms with Gasteiger partial charge in [-0.15, -0.1) is 0 Å². The average molecular weight is 261 g/mol. The molecule has 100 valence electrons. The largest absolute Gasteiger partial charge is 0.493 e. The first-order valence-corrected chi connectivity index (χ1v) is 6.04. The number of ether oxygens (including phenoxy) is 2. The van der Waals surface area contributed by atoms with E-state index in [1.54, 1.807) is 31.4 Å². The first kappa shape index (κ1) is 13.4. The standard InChI is InChI=1S/C15H16FNO2/c1-18-14-6-2-3-7-15(14)19-13-8-4-5-12(16)11(13)9-10-17/h2-8H,9-10,17H2,1H3. The van der Waals surface area contributed by atoms with E-state index in [0.29, 0.717) is 35.8 Å². The molecule has 0 amide bonds. The number of rotatable bonds is 5. The first-order chi connectivity index (χ1) is 9.26. The van der Waals surface area contributed by atoms with Crippen LogP contribution in [0.15, 0.2) is 42.5 Å². The Morgan fingerprint density at radius 3 is 2.37 bits per heavy atom. The zero-order valence-corrected chi connectivity index (χ0v) is 10.7. The highest BCUT2D eigenvalue weighted by Crippen LogP contribution is 2.33. The highest BCUT2D eigenvalue weighted by Gasteiger charge is 2.11. The van der Waals surface area contributed by atoms with E-state index in [1.807, 2.05) is 12.1 Å². The molecule has 2 N–H and O–H groups in total. The van der Waals surface area contributed by atoms with Gasteiger partial charge >= 0.3 is 0 Å². The summed E-state index contributed by atoms with van der Waals surface area (Å²) in [5.41, 5.74) is 5.98. The van der Waals surface area contributed by atoms with Crippen molar-refractivity contribution in [3.8, 4) is 17.2 Å². The molecule has 19 heavy (non-hydrogen) atoms. The van der Waals surface area contributed by atoms with E-state index < -0.39 is 0 Å². The highest BCUT2D eigenvalue weighted by molar-refractivity contribution is 5.45. The minimum atomic E-state index is -0.308. The van der Waals surface area contributed by atoms with Crippen molar-refractivity contribution in [2.24, 2.45) is 5.73 Å². The van der Waals surface area contributed by atoms with E-state index in [0.717, 1.165) is 0 Å². The summed E-state index contributed by atoms with van der Waals surface area (Å²) in [5.74, 6) is 1.31. The van der Waals surface area contributed by atoms with Gasteiger partial charge in [-0.3, -0.25) is 0 Å². The normalized spacial score (nSPS) is 10.3. The van der Waals surface area contributed by atoms with E-state index in [1.165, 1.54) is 6.07 Å². The fourth-order valence-corrected chi connectivity index (χ4v) is 1.84. The van der Waals surface area contributed by atoms with Crippen molar-refractivity contribution in [3.05, 3.63) is 53.8 Å². The molecule has 0 aliphatic rings. The van der Waals surface area contributed by atoms with Gasteiger partial charge in [-0.05, 0) is 37.2 Å². The van der Waals surface area contributed by atoms with E-state index in [2.05, 4.69) is 0 Å². The zero-order valence-electron chi connectivity index (χ0n) is 10.7. The zero-order chi connectivity index (χ0) is 13.7. The monoisotopic (exact) mass is 261 g/mol. The summed E-state index contributed by atoms with van der Waals surface area (Å²) < 4.78 is 24.7. The maximum Gasteiger partial charge on any atom is 0.169 e. The molecule has 0 saturated heterocycles. The van der Waals surface area contributed by atoms with Gasteiger partial charge < -0.3 is 15.2 Å². The Labute approximate surface area is 111 Å². The van der Waals surface area contributed by atoms with Crippen LogP contribution < -0.4 is 15.2 Å². The van der Waals surface area contributed by atoms with E-state index >= 15 is 0 Å². The second-order valence-corrected chi connectivity index (χ2v) is 4.01. The molecule has 2 aromatic rings. The van der Waals surface area contributed by atoms with Gasteiger partial charge in [0.1, 0.15) is 11.6 Å². The molecule has 0 saturated carbocycles. The van der Waals surface area contributed by atoms with E-state index in [-0.39, 0.29) is 5.82 Å². The van der Waals surface area contributed by atoms with Crippen molar-refractivity contribution < 1.29 is 13.9 Å². The topological polar surface area (TPSA) is 44.5 Å². The van der Waals surface area contributed by atoms with Gasteiger partial charge in [0.25, 0.3) is 0 Å². The van der Waals surface area contributed by atoms with Crippen molar-refractivity contribution >= 4 is 0 Å². The van der Waals surface area contributed by atoms with Crippen molar-refractivity contribution in [2.75, 3.05) is 13.7 Å². The molecular weight excluding hydrogens is 245 g/mol. The summed E-state index contributed by atoms with van der Waals surface area (Å²) in [6, 6.07) is 12.0. The molecule has 0 aliphatic carbocycles. The van der Waals surface area contributed by atoms with Crippen molar-refractivity contribution in [2.45, 2.75) is 6.42 Å². The molecule has 0 radical (unpaired) electrons. The third-order valence-corrected chi connectivity index (χ3v) is 2.76. The molecule has 0 spiro atoms. The lowest BCUT2D eigenvalue weighted by Crippen LogP contribution is -2.06. The number of nitrogens with two attached hydrogens (primary N) is 1. The van der Waals surface area contributed by atoms with Gasteiger partial charge in [-0.1, -0.05) is 18.2 Å². The van der Waals surface area contributed by atoms with Crippen LogP contribution in [-0.4, -0.2) is 13.7 Å². The molecule has 0 atom stereocenters. The molecule has 2 aromatic carbocycles. The van der Waals surface area contributed by atoms with E-state index in [4.69, 9.17) is 15.2 Å². The fraction of sp³-hybridized carbons (Fsp3) is 0.200. The molecule has 0 unspecified atom stereocenters. The highest BCUT2D eigenvalue weighted by atomic mass is 19.1. The van der Waals surface area contributed by atoms with Gasteiger partial charge in [0, 0.05) is 5.56 Å². The Kier molecular flexibility index (Phi) is 4.36. The fourth-order valence-electron chi connectivity index (χ4n) is 1.84. The van der Waals surface area contributed by atoms with Crippen LogP contribution in [-0.2, 0) is 6.42 Å². The Morgan fingerprint density at radius 1 is 1.00 bits per heavy atom. The lowest BCUT2D eigenvalue weighted by molar-refractivity contribution is 0.376. The van der Waals surface area contributed by atoms with Crippen molar-refractivity contribution in [1.82, 2.24) is 0 Å². The quantitative estimate of drug-likeness (QED) is 0.899. The molecule has 0 fully saturated rings. The number of methoxy groups -OCH3 is 1. The summed E-state index contributed by atoms with van der Waals surface area (Å²) in [6.07, 6.45) is 0.428. The summed E-state index contributed by atoms with van der Waals surface area (Å²) in [5, 5.41) is 0. The SMILES string of the molecule is COc1ccccc1Oc1cccc(F)c1CCN. The Bertz CT molecular complexity index is 558. The van der Waals surface area contributed by atoms with E-state index in [9.17, 15) is 4.39 Å². The summed E-state index contributed by atoms with van der Waals surface area (Å²) in [4.78, 5) is 0. The first-order valence-electron chi connectivity index (χ1n) is 6.04. The van der Waals surface area contributed by atoms with Crippen LogP contribution in [0.2, 0.25) is 0 Å². The molecule has 0 bridgehead atoms. The van der Waals surface area contributed by atoms with Crippen LogP contribution in [0.4, 0.5) is 4.39 Å². The summed E-state index contributed by atoms with van der Waals surface area (Å²) >= 11 is 0. The number of hydrogen-bond acceptors (Lipinski definition) is 3. The van der Waals surface area contributed by atoms with Crippen LogP contribution in [0.3, 0.4) is 0 Å². The number of para-hydroxylation sites is 2. The molecule has 3 nitrogen and oxygen atoms in total. The van der Waals surface area contributed by atoms with Crippen LogP contribution in [0.1, 0.15) is 5.56 Å². The second kappa shape index (κ2) is 6.20. The van der Waals surface area contributed by atoms with Gasteiger partial charge in [-0.25, -0.2) is 4.39 Å². The minimum absolute atomic E-state index is 0.308. The minimum Gasteiger partial charge on any atom is -0.493 e. The molecule has 4 heteroatoms. The van der Waals surface area contributed by atoms with Crippen LogP contribution in [0.5, 0.6) is 17.2 Å². The maximum atomic E-state index is 13.8. The molecule has 0 aromatic heterocycles. The van der Waals surface area contributed by atoms with Crippen LogP contribution in [0.25, 0.3) is 0 Å². The lowest BCUT2D eigenvalue weighted by atomic mass is 10.1. The van der Waals surface area contributed by atoms with Crippen molar-refractivity contribution in [1.29, 1.82) is 0 Å². The third kappa shape index (κ3) is 3.03. The average Bonchev–Trinajstić information content (AvgIpc) is 2.43. The number of benzene rings is 2. The van der Waals surface area contributed by atoms with Crippen molar-refractivity contribution in [3.63, 3.8) is 0 Å². The molecule has 0 heterocycles. The van der Waals surface area contributed by atoms with Crippen LogP contribution in [0, 0.1) is 5.82 Å². The molecule has 2 rings (SSSR count). The Balaban J connectivity index is 2.35. The number of halogens is 1. The third-order valence-electron chi connectivity index (χ3n) is 2.76. The van der Waals surface area contributed by atoms with Gasteiger partial charge in [0.15, 0.2) is 11.5 Å². The molecular formula is C15H16FNO2. The maximum absolute atomic E-state index is 13.8. The predicted octanol–water partition coefficient (Wildman–Crippen LogP) is 3.13. The van der Waals surface area contributed by atoms with Gasteiger partial charge in [0.2, 0.25) is 0 Å². The van der Waals surface area contributed by atoms with Gasteiger partial charge in [-0.2, -0.15) is 0 Å². The number of hydrogen-bond donors (Lipinski definition) is 1. The predicted molar refractivity (Wildman–Crippen MR) is 72.2 cm³/mol. The van der Waals surface area contributed by atoms with Gasteiger partial charge in [0.05, 0.1) is 7.11 Å². The Hall–Kier alpha value is -2.07. The Morgan fingerprint density at radius 2 is 1.68 bits per heavy atom. The summed E-state index contributed by atoms with van der Waals surface area (Å²) in [6.45, 7) is 0.364. The summed E-state index contributed by atoms with van der Waals surface area (Å²) in [7, 11) is 1.56.